The number of rotatable bonds is 4. The lowest BCUT2D eigenvalue weighted by Gasteiger charge is -2.43. The largest absolute Gasteiger partial charge is 0.363 e. The summed E-state index contributed by atoms with van der Waals surface area (Å²) in [6.45, 7) is 11.2. The van der Waals surface area contributed by atoms with Gasteiger partial charge in [0.1, 0.15) is 0 Å². The van der Waals surface area contributed by atoms with Crippen LogP contribution in [0.25, 0.3) is 0 Å². The minimum absolute atomic E-state index is 0.434. The van der Waals surface area contributed by atoms with E-state index in [4.69, 9.17) is 0 Å². The molecule has 1 saturated carbocycles. The van der Waals surface area contributed by atoms with Gasteiger partial charge in [0, 0.05) is 37.4 Å². The number of aromatic nitrogens is 2. The molecule has 0 aromatic carbocycles. The molecule has 1 aromatic heterocycles. The first kappa shape index (κ1) is 13.9. The Morgan fingerprint density at radius 1 is 1.25 bits per heavy atom. The molecule has 2 atom stereocenters. The number of nitrogens with one attached hydrogen (secondary N) is 1. The van der Waals surface area contributed by atoms with E-state index in [2.05, 4.69) is 53.9 Å². The third kappa shape index (κ3) is 2.71. The van der Waals surface area contributed by atoms with Gasteiger partial charge in [-0.2, -0.15) is 5.10 Å². The highest BCUT2D eigenvalue weighted by Crippen LogP contribution is 2.36. The minimum atomic E-state index is 0.434. The lowest BCUT2D eigenvalue weighted by Crippen LogP contribution is -2.59. The molecule has 1 saturated heterocycles. The summed E-state index contributed by atoms with van der Waals surface area (Å²) in [4.78, 5) is 2.59. The summed E-state index contributed by atoms with van der Waals surface area (Å²) >= 11 is 0. The zero-order valence-corrected chi connectivity index (χ0v) is 13.2. The Hall–Kier alpha value is -1.03. The molecule has 3 rings (SSSR count). The quantitative estimate of drug-likeness (QED) is 0.918. The topological polar surface area (TPSA) is 33.1 Å². The highest BCUT2D eigenvalue weighted by Gasteiger charge is 2.38. The molecule has 1 aliphatic carbocycles. The van der Waals surface area contributed by atoms with Gasteiger partial charge in [-0.25, -0.2) is 0 Å². The van der Waals surface area contributed by atoms with Crippen LogP contribution in [-0.2, 0) is 0 Å². The zero-order valence-electron chi connectivity index (χ0n) is 13.2. The summed E-state index contributed by atoms with van der Waals surface area (Å²) < 4.78 is 2.07. The van der Waals surface area contributed by atoms with Gasteiger partial charge in [0.05, 0.1) is 11.9 Å². The summed E-state index contributed by atoms with van der Waals surface area (Å²) in [7, 11) is 0. The van der Waals surface area contributed by atoms with Crippen molar-refractivity contribution >= 4 is 5.69 Å². The molecule has 0 bridgehead atoms. The van der Waals surface area contributed by atoms with E-state index >= 15 is 0 Å². The summed E-state index contributed by atoms with van der Waals surface area (Å²) in [5, 5.41) is 8.30. The van der Waals surface area contributed by atoms with Gasteiger partial charge in [0.25, 0.3) is 0 Å². The fourth-order valence-corrected chi connectivity index (χ4v) is 3.26. The first-order chi connectivity index (χ1) is 9.56. The lowest BCUT2D eigenvalue weighted by molar-refractivity contribution is 0.320. The van der Waals surface area contributed by atoms with E-state index in [-0.39, 0.29) is 0 Å². The van der Waals surface area contributed by atoms with Gasteiger partial charge in [0.2, 0.25) is 0 Å². The van der Waals surface area contributed by atoms with Gasteiger partial charge < -0.3 is 10.2 Å². The van der Waals surface area contributed by atoms with Crippen molar-refractivity contribution in [1.82, 2.24) is 15.1 Å². The second-order valence-corrected chi connectivity index (χ2v) is 7.09. The first-order valence-corrected chi connectivity index (χ1v) is 8.10. The van der Waals surface area contributed by atoms with Crippen molar-refractivity contribution in [2.24, 2.45) is 11.8 Å². The maximum atomic E-state index is 4.52. The summed E-state index contributed by atoms with van der Waals surface area (Å²) in [6, 6.07) is 1.69. The van der Waals surface area contributed by atoms with Gasteiger partial charge in [-0.1, -0.05) is 13.8 Å². The highest BCUT2D eigenvalue weighted by atomic mass is 15.3. The average molecular weight is 276 g/mol. The van der Waals surface area contributed by atoms with E-state index in [0.29, 0.717) is 24.0 Å². The number of nitrogens with zero attached hydrogens (tertiary/aromatic N) is 3. The zero-order chi connectivity index (χ0) is 14.3. The maximum Gasteiger partial charge on any atom is 0.0756 e. The smallest absolute Gasteiger partial charge is 0.0756 e. The number of hydrogen-bond donors (Lipinski definition) is 1. The van der Waals surface area contributed by atoms with Crippen LogP contribution in [0, 0.1) is 11.8 Å². The van der Waals surface area contributed by atoms with Gasteiger partial charge in [-0.3, -0.25) is 4.68 Å². The van der Waals surface area contributed by atoms with Crippen LogP contribution in [0.4, 0.5) is 5.69 Å². The standard InChI is InChI=1S/C16H28N4/c1-11(2)16-8-17-15(13-5-6-13)10-19(16)14-7-18-20(9-14)12(3)4/h7,9,11-13,15-17H,5-6,8,10H2,1-4H3. The summed E-state index contributed by atoms with van der Waals surface area (Å²) in [5.74, 6) is 1.57. The van der Waals surface area contributed by atoms with E-state index in [1.807, 2.05) is 6.20 Å². The molecule has 1 N–H and O–H groups in total. The van der Waals surface area contributed by atoms with Crippen LogP contribution in [0.15, 0.2) is 12.4 Å². The molecular weight excluding hydrogens is 248 g/mol. The van der Waals surface area contributed by atoms with Crippen molar-refractivity contribution in [2.45, 2.75) is 58.7 Å². The van der Waals surface area contributed by atoms with Crippen LogP contribution in [0.3, 0.4) is 0 Å². The normalized spacial score (nSPS) is 27.6. The van der Waals surface area contributed by atoms with E-state index in [0.717, 1.165) is 19.0 Å². The molecule has 2 unspecified atom stereocenters. The Labute approximate surface area is 122 Å². The molecule has 0 spiro atoms. The maximum absolute atomic E-state index is 4.52. The Balaban J connectivity index is 1.80. The summed E-state index contributed by atoms with van der Waals surface area (Å²) in [5.41, 5.74) is 1.30. The van der Waals surface area contributed by atoms with Gasteiger partial charge in [-0.15, -0.1) is 0 Å². The molecule has 112 valence electrons. The highest BCUT2D eigenvalue weighted by molar-refractivity contribution is 5.45. The minimum Gasteiger partial charge on any atom is -0.363 e. The van der Waals surface area contributed by atoms with E-state index < -0.39 is 0 Å². The van der Waals surface area contributed by atoms with Crippen LogP contribution < -0.4 is 10.2 Å². The molecule has 0 amide bonds. The molecule has 4 heteroatoms. The summed E-state index contributed by atoms with van der Waals surface area (Å²) in [6.07, 6.45) is 7.08. The van der Waals surface area contributed by atoms with Gasteiger partial charge in [-0.05, 0) is 38.5 Å². The molecule has 1 aromatic rings. The molecule has 2 aliphatic rings. The number of hydrogen-bond acceptors (Lipinski definition) is 3. The van der Waals surface area contributed by atoms with Crippen molar-refractivity contribution in [3.8, 4) is 0 Å². The Bertz CT molecular complexity index is 447. The Kier molecular flexibility index (Phi) is 3.76. The fourth-order valence-electron chi connectivity index (χ4n) is 3.26. The molecule has 20 heavy (non-hydrogen) atoms. The lowest BCUT2D eigenvalue weighted by atomic mass is 9.96. The van der Waals surface area contributed by atoms with Crippen molar-refractivity contribution in [2.75, 3.05) is 18.0 Å². The Morgan fingerprint density at radius 2 is 2.00 bits per heavy atom. The molecule has 2 heterocycles. The average Bonchev–Trinajstić information content (AvgIpc) is 3.14. The molecule has 4 nitrogen and oxygen atoms in total. The van der Waals surface area contributed by atoms with Crippen molar-refractivity contribution in [3.05, 3.63) is 12.4 Å². The second kappa shape index (κ2) is 5.40. The van der Waals surface area contributed by atoms with Crippen LogP contribution in [-0.4, -0.2) is 35.0 Å². The van der Waals surface area contributed by atoms with E-state index in [1.165, 1.54) is 18.5 Å². The molecule has 1 aliphatic heterocycles. The molecular formula is C16H28N4. The van der Waals surface area contributed by atoms with Crippen LogP contribution in [0.2, 0.25) is 0 Å². The molecule has 2 fully saturated rings. The SMILES string of the molecule is CC(C)C1CNC(C2CC2)CN1c1cnn(C(C)C)c1. The third-order valence-corrected chi connectivity index (χ3v) is 4.79. The third-order valence-electron chi connectivity index (χ3n) is 4.79. The monoisotopic (exact) mass is 276 g/mol. The van der Waals surface area contributed by atoms with E-state index in [1.54, 1.807) is 0 Å². The van der Waals surface area contributed by atoms with Crippen molar-refractivity contribution < 1.29 is 0 Å². The molecule has 0 radical (unpaired) electrons. The first-order valence-electron chi connectivity index (χ1n) is 8.10. The fraction of sp³-hybridized carbons (Fsp3) is 0.812. The van der Waals surface area contributed by atoms with Gasteiger partial charge >= 0.3 is 0 Å². The second-order valence-electron chi connectivity index (χ2n) is 7.09. The predicted molar refractivity (Wildman–Crippen MR) is 83.1 cm³/mol. The van der Waals surface area contributed by atoms with Crippen molar-refractivity contribution in [1.29, 1.82) is 0 Å². The van der Waals surface area contributed by atoms with Crippen LogP contribution in [0.5, 0.6) is 0 Å². The van der Waals surface area contributed by atoms with Crippen molar-refractivity contribution in [3.63, 3.8) is 0 Å². The van der Waals surface area contributed by atoms with E-state index in [9.17, 15) is 0 Å². The van der Waals surface area contributed by atoms with Gasteiger partial charge in [0.15, 0.2) is 0 Å². The number of piperazine rings is 1. The van der Waals surface area contributed by atoms with Crippen LogP contribution >= 0.6 is 0 Å². The van der Waals surface area contributed by atoms with Crippen LogP contribution in [0.1, 0.15) is 46.6 Å². The number of anilines is 1. The Morgan fingerprint density at radius 3 is 2.55 bits per heavy atom. The predicted octanol–water partition coefficient (Wildman–Crippen LogP) is 2.68.